The summed E-state index contributed by atoms with van der Waals surface area (Å²) in [6, 6.07) is 9.19. The minimum absolute atomic E-state index is 0.0615. The Kier molecular flexibility index (Phi) is 45.9. The van der Waals surface area contributed by atoms with Gasteiger partial charge in [-0.05, 0) is 61.9 Å². The third kappa shape index (κ3) is 43.5. The lowest BCUT2D eigenvalue weighted by Crippen LogP contribution is -2.53. The number of nitro benzene ring substituents is 1. The van der Waals surface area contributed by atoms with Crippen LogP contribution in [0.5, 0.6) is 5.75 Å². The summed E-state index contributed by atoms with van der Waals surface area (Å²) in [5.41, 5.74) is 0.777. The van der Waals surface area contributed by atoms with Gasteiger partial charge in [0, 0.05) is 50.0 Å². The average molecular weight is 1300 g/mol. The number of hydrogen-bond donors (Lipinski definition) is 5. The number of phosphoric acid groups is 1. The fourth-order valence-corrected chi connectivity index (χ4v) is 10.7. The van der Waals surface area contributed by atoms with Crippen LogP contribution in [0.2, 0.25) is 0 Å². The number of esters is 2. The van der Waals surface area contributed by atoms with E-state index in [1.807, 2.05) is 0 Å². The van der Waals surface area contributed by atoms with Gasteiger partial charge in [0.2, 0.25) is 23.6 Å². The zero-order valence-electron chi connectivity index (χ0n) is 55.6. The molecule has 0 aliphatic rings. The van der Waals surface area contributed by atoms with Crippen LogP contribution in [0.1, 0.15) is 265 Å². The number of anilines is 1. The number of nitrogens with zero attached hydrogens (tertiary/aromatic N) is 1. The summed E-state index contributed by atoms with van der Waals surface area (Å²) in [4.78, 5) is 110. The molecule has 23 heteroatoms. The molecule has 0 heterocycles. The first kappa shape index (κ1) is 81.1. The Morgan fingerprint density at radius 1 is 0.538 bits per heavy atom. The molecule has 0 bridgehead atoms. The number of ether oxygens (including phenoxy) is 4. The number of phosphoric ester groups is 1. The number of unbranched alkanes of at least 4 members (excludes halogenated alkanes) is 28. The fraction of sp³-hybridized carbons (Fsp3) is 0.721. The second kappa shape index (κ2) is 51.5. The standard InChI is InChI=1S/C68H112N5O17P/c1-6-8-10-12-14-16-18-20-22-24-26-28-30-32-34-39-63(76)85-52-60(89-64(77)40-35-33-31-29-27-25-23-21-19-17-15-13-11-9-7-2)53-88-91(83,84)87-50-49-69-61(74)37-36-38-62(75)72-65(54(3)4)67(79)70-55(5)66(78)71-57-43-41-56(42-44-57)51-86-68(80)90-59-47-45-58(46-48-59)73(81)82/h41-48,54-55,60,65H,6-40,49-53H2,1-5H3,(H,69,74)(H,70,79)(H,71,78)(H,72,75)(H,83,84)/t55-,60+,65-/m0/s1. The Morgan fingerprint density at radius 2 is 1.01 bits per heavy atom. The van der Waals surface area contributed by atoms with Crippen molar-refractivity contribution in [1.29, 1.82) is 0 Å². The van der Waals surface area contributed by atoms with Crippen LogP contribution in [0.25, 0.3) is 0 Å². The normalized spacial score (nSPS) is 12.9. The Morgan fingerprint density at radius 3 is 1.49 bits per heavy atom. The Hall–Kier alpha value is -5.96. The second-order valence-electron chi connectivity index (χ2n) is 24.1. The molecular formula is C68H112N5O17P. The highest BCUT2D eigenvalue weighted by molar-refractivity contribution is 7.47. The van der Waals surface area contributed by atoms with Crippen LogP contribution in [-0.2, 0) is 63.2 Å². The van der Waals surface area contributed by atoms with Crippen molar-refractivity contribution >= 4 is 60.9 Å². The van der Waals surface area contributed by atoms with Gasteiger partial charge in [0.25, 0.3) is 5.69 Å². The number of carbonyl (C=O) groups is 7. The highest BCUT2D eigenvalue weighted by Gasteiger charge is 2.29. The molecule has 2 aromatic rings. The van der Waals surface area contributed by atoms with E-state index in [0.29, 0.717) is 24.1 Å². The summed E-state index contributed by atoms with van der Waals surface area (Å²) in [6.07, 6.45) is 33.9. The van der Waals surface area contributed by atoms with Crippen LogP contribution in [0, 0.1) is 16.0 Å². The number of benzene rings is 2. The maximum absolute atomic E-state index is 13.3. The van der Waals surface area contributed by atoms with Gasteiger partial charge in [-0.2, -0.15) is 0 Å². The van der Waals surface area contributed by atoms with Crippen molar-refractivity contribution < 1.29 is 75.9 Å². The van der Waals surface area contributed by atoms with Gasteiger partial charge < -0.3 is 45.1 Å². The molecule has 0 aromatic heterocycles. The lowest BCUT2D eigenvalue weighted by Gasteiger charge is -2.24. The van der Waals surface area contributed by atoms with Gasteiger partial charge in [0.05, 0.1) is 18.1 Å². The minimum Gasteiger partial charge on any atom is -0.462 e. The van der Waals surface area contributed by atoms with E-state index < -0.39 is 85.9 Å². The molecule has 0 aliphatic heterocycles. The van der Waals surface area contributed by atoms with Crippen LogP contribution in [0.4, 0.5) is 16.2 Å². The average Bonchev–Trinajstić information content (AvgIpc) is 2.22. The van der Waals surface area contributed by atoms with Gasteiger partial charge >= 0.3 is 25.9 Å². The lowest BCUT2D eigenvalue weighted by atomic mass is 10.0. The number of nitro groups is 1. The first-order valence-electron chi connectivity index (χ1n) is 34.1. The number of nitrogens with one attached hydrogen (secondary N) is 4. The van der Waals surface area contributed by atoms with E-state index in [2.05, 4.69) is 35.1 Å². The van der Waals surface area contributed by atoms with Crippen molar-refractivity contribution in [3.63, 3.8) is 0 Å². The molecule has 0 radical (unpaired) electrons. The molecule has 0 aliphatic carbocycles. The van der Waals surface area contributed by atoms with Crippen molar-refractivity contribution in [2.45, 2.75) is 284 Å². The summed E-state index contributed by atoms with van der Waals surface area (Å²) in [6.45, 7) is 7.69. The van der Waals surface area contributed by atoms with Crippen molar-refractivity contribution in [3.8, 4) is 5.75 Å². The molecule has 2 aromatic carbocycles. The Labute approximate surface area is 542 Å². The Bertz CT molecular complexity index is 2390. The smallest absolute Gasteiger partial charge is 0.462 e. The summed E-state index contributed by atoms with van der Waals surface area (Å²) >= 11 is 0. The van der Waals surface area contributed by atoms with Crippen molar-refractivity contribution in [3.05, 3.63) is 64.2 Å². The van der Waals surface area contributed by atoms with Gasteiger partial charge in [-0.25, -0.2) is 9.36 Å². The number of amides is 4. The molecule has 1 unspecified atom stereocenters. The molecular weight excluding hydrogens is 1190 g/mol. The number of rotatable bonds is 56. The van der Waals surface area contributed by atoms with E-state index in [9.17, 15) is 53.1 Å². The van der Waals surface area contributed by atoms with Crippen LogP contribution in [-0.4, -0.2) is 96.1 Å². The van der Waals surface area contributed by atoms with Crippen LogP contribution < -0.4 is 26.0 Å². The third-order valence-corrected chi connectivity index (χ3v) is 16.4. The number of non-ortho nitro benzene ring substituents is 1. The molecule has 2 rings (SSSR count). The fourth-order valence-electron chi connectivity index (χ4n) is 9.95. The summed E-state index contributed by atoms with van der Waals surface area (Å²) in [5, 5.41) is 21.4. The van der Waals surface area contributed by atoms with Crippen LogP contribution in [0.15, 0.2) is 48.5 Å². The molecule has 91 heavy (non-hydrogen) atoms. The highest BCUT2D eigenvalue weighted by Crippen LogP contribution is 2.43. The largest absolute Gasteiger partial charge is 0.514 e. The number of hydrogen-bond acceptors (Lipinski definition) is 16. The molecule has 5 N–H and O–H groups in total. The molecule has 22 nitrogen and oxygen atoms in total. The SMILES string of the molecule is CCCCCCCCCCCCCCCCCC(=O)OC[C@H](COP(=O)(O)OCCNC(=O)CCCC(=O)N[C@H](C(=O)N[C@@H](C)C(=O)Nc1ccc(COC(=O)Oc2ccc([N+](=O)[O-])cc2)cc1)C(C)C)OC(=O)CCCCCCCCCCCCCCCCC. The highest BCUT2D eigenvalue weighted by atomic mass is 31.2. The third-order valence-electron chi connectivity index (χ3n) is 15.5. The van der Waals surface area contributed by atoms with Gasteiger partial charge in [-0.1, -0.05) is 220 Å². The van der Waals surface area contributed by atoms with E-state index >= 15 is 0 Å². The van der Waals surface area contributed by atoms with Crippen LogP contribution in [0.3, 0.4) is 0 Å². The minimum atomic E-state index is -4.73. The van der Waals surface area contributed by atoms with E-state index in [0.717, 1.165) is 38.5 Å². The number of carbonyl (C=O) groups excluding carboxylic acids is 7. The van der Waals surface area contributed by atoms with Crippen molar-refractivity contribution in [2.24, 2.45) is 5.92 Å². The summed E-state index contributed by atoms with van der Waals surface area (Å²) in [5.74, 6) is -3.44. The molecule has 4 atom stereocenters. The second-order valence-corrected chi connectivity index (χ2v) is 25.5. The maximum Gasteiger partial charge on any atom is 0.514 e. The van der Waals surface area contributed by atoms with Gasteiger partial charge in [-0.15, -0.1) is 0 Å². The van der Waals surface area contributed by atoms with Crippen molar-refractivity contribution in [1.82, 2.24) is 16.0 Å². The first-order valence-corrected chi connectivity index (χ1v) is 35.6. The van der Waals surface area contributed by atoms with E-state index in [1.54, 1.807) is 38.1 Å². The molecule has 0 fully saturated rings. The van der Waals surface area contributed by atoms with Gasteiger partial charge in [0.1, 0.15) is 31.0 Å². The van der Waals surface area contributed by atoms with Gasteiger partial charge in [-0.3, -0.25) is 47.9 Å². The van der Waals surface area contributed by atoms with Crippen LogP contribution >= 0.6 is 7.82 Å². The van der Waals surface area contributed by atoms with Crippen molar-refractivity contribution in [2.75, 3.05) is 31.7 Å². The maximum atomic E-state index is 13.3. The van der Waals surface area contributed by atoms with E-state index in [1.165, 1.54) is 172 Å². The lowest BCUT2D eigenvalue weighted by molar-refractivity contribution is -0.384. The Balaban J connectivity index is 1.73. The van der Waals surface area contributed by atoms with Gasteiger partial charge in [0.15, 0.2) is 6.10 Å². The topological polar surface area (TPSA) is 303 Å². The molecule has 0 spiro atoms. The predicted molar refractivity (Wildman–Crippen MR) is 352 cm³/mol. The quantitative estimate of drug-likeness (QED) is 0.00782. The molecule has 4 amide bonds. The predicted octanol–water partition coefficient (Wildman–Crippen LogP) is 15.3. The zero-order chi connectivity index (χ0) is 66.7. The van der Waals surface area contributed by atoms with E-state index in [4.69, 9.17) is 28.0 Å². The summed E-state index contributed by atoms with van der Waals surface area (Å²) < 4.78 is 44.4. The van der Waals surface area contributed by atoms with E-state index in [-0.39, 0.29) is 69.2 Å². The first-order chi connectivity index (χ1) is 43.8. The molecule has 0 saturated heterocycles. The monoisotopic (exact) mass is 1300 g/mol. The molecule has 516 valence electrons. The summed E-state index contributed by atoms with van der Waals surface area (Å²) in [7, 11) is -4.73. The molecule has 0 saturated carbocycles. The zero-order valence-corrected chi connectivity index (χ0v) is 56.5.